The fraction of sp³-hybridized carbons (Fsp3) is 0.500. The van der Waals surface area contributed by atoms with Gasteiger partial charge in [0.1, 0.15) is 6.33 Å². The van der Waals surface area contributed by atoms with Gasteiger partial charge in [0.2, 0.25) is 0 Å². The highest BCUT2D eigenvalue weighted by atomic mass is 35.5. The zero-order valence-corrected chi connectivity index (χ0v) is 14.1. The Labute approximate surface area is 140 Å². The quantitative estimate of drug-likeness (QED) is 0.909. The summed E-state index contributed by atoms with van der Waals surface area (Å²) in [5, 5.41) is 6.44. The Morgan fingerprint density at radius 3 is 2.86 bits per heavy atom. The predicted octanol–water partition coefficient (Wildman–Crippen LogP) is 3.34. The van der Waals surface area contributed by atoms with Gasteiger partial charge in [-0.3, -0.25) is 4.90 Å². The molecule has 2 aromatic rings. The van der Waals surface area contributed by atoms with Crippen molar-refractivity contribution in [2.75, 3.05) is 13.1 Å². The Hall–Kier alpha value is -1.01. The first kappa shape index (κ1) is 15.9. The normalized spacial score (nSPS) is 19.3. The second kappa shape index (κ2) is 8.02. The molecule has 0 spiro atoms. The monoisotopic (exact) mass is 336 g/mol. The molecule has 1 saturated heterocycles. The van der Waals surface area contributed by atoms with Gasteiger partial charge in [-0.15, -0.1) is 11.3 Å². The molecular formula is C16H21ClN4S. The Balaban J connectivity index is 1.76. The molecule has 1 atom stereocenters. The number of aromatic nitrogens is 2. The second-order valence-corrected chi connectivity index (χ2v) is 7.09. The lowest BCUT2D eigenvalue weighted by Crippen LogP contribution is -2.35. The average Bonchev–Trinajstić information content (AvgIpc) is 2.79. The average molecular weight is 337 g/mol. The van der Waals surface area contributed by atoms with Gasteiger partial charge in [-0.2, -0.15) is 0 Å². The van der Waals surface area contributed by atoms with Crippen LogP contribution in [0.2, 0.25) is 5.02 Å². The molecule has 0 amide bonds. The van der Waals surface area contributed by atoms with Crippen molar-refractivity contribution in [3.05, 3.63) is 45.6 Å². The number of nitrogens with zero attached hydrogens (tertiary/aromatic N) is 3. The van der Waals surface area contributed by atoms with Crippen LogP contribution in [0.3, 0.4) is 0 Å². The summed E-state index contributed by atoms with van der Waals surface area (Å²) in [7, 11) is 0. The van der Waals surface area contributed by atoms with Crippen molar-refractivity contribution in [1.29, 1.82) is 0 Å². The first-order valence-corrected chi connectivity index (χ1v) is 8.99. The van der Waals surface area contributed by atoms with Crippen LogP contribution in [0.4, 0.5) is 0 Å². The fourth-order valence-electron chi connectivity index (χ4n) is 2.95. The molecule has 1 N–H and O–H groups in total. The van der Waals surface area contributed by atoms with Crippen molar-refractivity contribution in [1.82, 2.24) is 20.2 Å². The van der Waals surface area contributed by atoms with Crippen molar-refractivity contribution < 1.29 is 0 Å². The van der Waals surface area contributed by atoms with Gasteiger partial charge < -0.3 is 5.32 Å². The van der Waals surface area contributed by atoms with E-state index in [1.165, 1.54) is 24.1 Å². The standard InChI is InChI=1S/C16H21ClN4S/c17-15-4-7-22-16(15)11-21(10-13-8-19-12-20-9-13)14-2-1-5-18-6-3-14/h4,7-9,12,14,18H,1-3,5-6,10-11H2. The van der Waals surface area contributed by atoms with Gasteiger partial charge in [0.15, 0.2) is 0 Å². The second-order valence-electron chi connectivity index (χ2n) is 5.68. The van der Waals surface area contributed by atoms with E-state index in [1.807, 2.05) is 18.5 Å². The highest BCUT2D eigenvalue weighted by Crippen LogP contribution is 2.27. The Morgan fingerprint density at radius 1 is 1.23 bits per heavy atom. The molecule has 4 nitrogen and oxygen atoms in total. The highest BCUT2D eigenvalue weighted by Gasteiger charge is 2.21. The Bertz CT molecular complexity index is 567. The molecule has 1 fully saturated rings. The minimum Gasteiger partial charge on any atom is -0.317 e. The first-order valence-electron chi connectivity index (χ1n) is 7.73. The SMILES string of the molecule is Clc1ccsc1CN(Cc1cncnc1)C1CCCNCC1. The third-order valence-corrected chi connectivity index (χ3v) is 5.47. The summed E-state index contributed by atoms with van der Waals surface area (Å²) in [6, 6.07) is 2.56. The summed E-state index contributed by atoms with van der Waals surface area (Å²) in [5.74, 6) is 0. The van der Waals surface area contributed by atoms with Gasteiger partial charge in [0, 0.05) is 42.0 Å². The molecule has 2 aromatic heterocycles. The van der Waals surface area contributed by atoms with E-state index in [-0.39, 0.29) is 0 Å². The van der Waals surface area contributed by atoms with Crippen molar-refractivity contribution >= 4 is 22.9 Å². The van der Waals surface area contributed by atoms with E-state index >= 15 is 0 Å². The number of rotatable bonds is 5. The zero-order chi connectivity index (χ0) is 15.2. The fourth-order valence-corrected chi connectivity index (χ4v) is 4.07. The van der Waals surface area contributed by atoms with Gasteiger partial charge >= 0.3 is 0 Å². The molecule has 0 aliphatic carbocycles. The lowest BCUT2D eigenvalue weighted by Gasteiger charge is -2.30. The van der Waals surface area contributed by atoms with Crippen LogP contribution in [0.15, 0.2) is 30.2 Å². The summed E-state index contributed by atoms with van der Waals surface area (Å²) >= 11 is 8.04. The number of hydrogen-bond donors (Lipinski definition) is 1. The van der Waals surface area contributed by atoms with Crippen LogP contribution in [-0.2, 0) is 13.1 Å². The van der Waals surface area contributed by atoms with Crippen LogP contribution < -0.4 is 5.32 Å². The summed E-state index contributed by atoms with van der Waals surface area (Å²) in [6.45, 7) is 3.99. The van der Waals surface area contributed by atoms with Crippen LogP contribution in [0.5, 0.6) is 0 Å². The number of halogens is 1. The topological polar surface area (TPSA) is 41.1 Å². The maximum absolute atomic E-state index is 6.30. The number of thiophene rings is 1. The van der Waals surface area contributed by atoms with E-state index in [2.05, 4.69) is 25.6 Å². The minimum atomic E-state index is 0.577. The van der Waals surface area contributed by atoms with Crippen molar-refractivity contribution in [2.45, 2.75) is 38.4 Å². The van der Waals surface area contributed by atoms with E-state index in [0.717, 1.165) is 36.8 Å². The van der Waals surface area contributed by atoms with Crippen LogP contribution in [0.25, 0.3) is 0 Å². The molecule has 6 heteroatoms. The molecule has 1 aliphatic rings. The van der Waals surface area contributed by atoms with Gasteiger partial charge in [-0.05, 0) is 43.8 Å². The summed E-state index contributed by atoms with van der Waals surface area (Å²) < 4.78 is 0. The van der Waals surface area contributed by atoms with Crippen LogP contribution in [0.1, 0.15) is 29.7 Å². The molecule has 1 unspecified atom stereocenters. The molecule has 1 aliphatic heterocycles. The molecule has 3 heterocycles. The third-order valence-electron chi connectivity index (χ3n) is 4.10. The molecule has 0 aromatic carbocycles. The lowest BCUT2D eigenvalue weighted by molar-refractivity contribution is 0.165. The van der Waals surface area contributed by atoms with Gasteiger partial charge in [0.05, 0.1) is 5.02 Å². The van der Waals surface area contributed by atoms with Gasteiger partial charge in [-0.25, -0.2) is 9.97 Å². The van der Waals surface area contributed by atoms with Crippen molar-refractivity contribution in [3.8, 4) is 0 Å². The number of hydrogen-bond acceptors (Lipinski definition) is 5. The van der Waals surface area contributed by atoms with Crippen LogP contribution in [0, 0.1) is 0 Å². The molecule has 118 valence electrons. The molecule has 0 bridgehead atoms. The van der Waals surface area contributed by atoms with E-state index in [1.54, 1.807) is 17.7 Å². The van der Waals surface area contributed by atoms with E-state index < -0.39 is 0 Å². The van der Waals surface area contributed by atoms with E-state index in [9.17, 15) is 0 Å². The summed E-state index contributed by atoms with van der Waals surface area (Å²) in [4.78, 5) is 12.1. The van der Waals surface area contributed by atoms with Gasteiger partial charge in [-0.1, -0.05) is 11.6 Å². The number of nitrogens with one attached hydrogen (secondary N) is 1. The first-order chi connectivity index (χ1) is 10.8. The maximum atomic E-state index is 6.30. The smallest absolute Gasteiger partial charge is 0.115 e. The van der Waals surface area contributed by atoms with E-state index in [4.69, 9.17) is 11.6 Å². The zero-order valence-electron chi connectivity index (χ0n) is 12.5. The van der Waals surface area contributed by atoms with Gasteiger partial charge in [0.25, 0.3) is 0 Å². The summed E-state index contributed by atoms with van der Waals surface area (Å²) in [5.41, 5.74) is 1.16. The van der Waals surface area contributed by atoms with Crippen molar-refractivity contribution in [3.63, 3.8) is 0 Å². The molecule has 3 rings (SSSR count). The molecule has 0 radical (unpaired) electrons. The Morgan fingerprint density at radius 2 is 2.09 bits per heavy atom. The lowest BCUT2D eigenvalue weighted by atomic mass is 10.1. The third kappa shape index (κ3) is 4.26. The molecule has 0 saturated carbocycles. The predicted molar refractivity (Wildman–Crippen MR) is 91.1 cm³/mol. The largest absolute Gasteiger partial charge is 0.317 e. The molecule has 22 heavy (non-hydrogen) atoms. The van der Waals surface area contributed by atoms with E-state index in [0.29, 0.717) is 6.04 Å². The summed E-state index contributed by atoms with van der Waals surface area (Å²) in [6.07, 6.45) is 9.03. The maximum Gasteiger partial charge on any atom is 0.115 e. The highest BCUT2D eigenvalue weighted by molar-refractivity contribution is 7.10. The Kier molecular flexibility index (Phi) is 5.78. The van der Waals surface area contributed by atoms with Crippen molar-refractivity contribution in [2.24, 2.45) is 0 Å². The molecular weight excluding hydrogens is 316 g/mol. The van der Waals surface area contributed by atoms with Crippen LogP contribution in [-0.4, -0.2) is 34.0 Å². The minimum absolute atomic E-state index is 0.577. The van der Waals surface area contributed by atoms with Crippen LogP contribution >= 0.6 is 22.9 Å².